The minimum absolute atomic E-state index is 0.107. The number of hydrogen-bond acceptors (Lipinski definition) is 7. The van der Waals surface area contributed by atoms with Crippen molar-refractivity contribution in [3.8, 4) is 0 Å². The summed E-state index contributed by atoms with van der Waals surface area (Å²) in [6.45, 7) is 2.27. The van der Waals surface area contributed by atoms with Crippen LogP contribution in [0.1, 0.15) is 6.92 Å². The molecule has 0 rings (SSSR count). The molecule has 0 N–H and O–H groups in total. The average Bonchev–Trinajstić information content (AvgIpc) is 2.26. The molecule has 0 aliphatic heterocycles. The van der Waals surface area contributed by atoms with E-state index in [-0.39, 0.29) is 17.7 Å². The van der Waals surface area contributed by atoms with Crippen molar-refractivity contribution in [2.45, 2.75) is 6.92 Å². The number of carbonyl (C=O) groups is 1. The second-order valence-corrected chi connectivity index (χ2v) is 6.49. The van der Waals surface area contributed by atoms with Crippen LogP contribution in [0.3, 0.4) is 0 Å². The van der Waals surface area contributed by atoms with E-state index in [0.717, 1.165) is 11.8 Å². The quantitative estimate of drug-likeness (QED) is 0.524. The van der Waals surface area contributed by atoms with Gasteiger partial charge < -0.3 is 13.8 Å². The van der Waals surface area contributed by atoms with Gasteiger partial charge in [0.1, 0.15) is 6.16 Å². The van der Waals surface area contributed by atoms with Gasteiger partial charge in [-0.25, -0.2) is 0 Å². The van der Waals surface area contributed by atoms with Crippen LogP contribution in [0.2, 0.25) is 0 Å². The molecule has 0 aromatic rings. The third kappa shape index (κ3) is 6.60. The van der Waals surface area contributed by atoms with Gasteiger partial charge in [0.05, 0.1) is 12.4 Å². The molecule has 5 nitrogen and oxygen atoms in total. The van der Waals surface area contributed by atoms with Gasteiger partial charge in [0.2, 0.25) is 4.38 Å². The fraction of sp³-hybridized carbons (Fsp3) is 0.750. The van der Waals surface area contributed by atoms with Crippen molar-refractivity contribution in [3.63, 3.8) is 0 Å². The van der Waals surface area contributed by atoms with Crippen molar-refractivity contribution in [3.05, 3.63) is 0 Å². The molecule has 0 unspecified atom stereocenters. The summed E-state index contributed by atoms with van der Waals surface area (Å²) in [6.07, 6.45) is -0.248. The first-order chi connectivity index (χ1) is 7.47. The molecule has 0 aromatic carbocycles. The van der Waals surface area contributed by atoms with Crippen molar-refractivity contribution >= 4 is 41.7 Å². The van der Waals surface area contributed by atoms with E-state index in [0.29, 0.717) is 11.0 Å². The van der Waals surface area contributed by atoms with E-state index in [4.69, 9.17) is 17.0 Å². The molecule has 0 bridgehead atoms. The average molecular weight is 286 g/mol. The Labute approximate surface area is 105 Å². The summed E-state index contributed by atoms with van der Waals surface area (Å²) >= 11 is 5.92. The standard InChI is InChI=1S/C8H15O5PS2/c1-4-13-8(15)16-6-7(9)5-14(10,11-2)12-3/h4-6H2,1-3H3. The minimum Gasteiger partial charge on any atom is -0.479 e. The molecular weight excluding hydrogens is 271 g/mol. The molecule has 0 atom stereocenters. The zero-order chi connectivity index (χ0) is 12.6. The molecule has 0 heterocycles. The van der Waals surface area contributed by atoms with Crippen molar-refractivity contribution in [2.75, 3.05) is 32.7 Å². The maximum absolute atomic E-state index is 11.6. The van der Waals surface area contributed by atoms with Crippen LogP contribution in [0.4, 0.5) is 0 Å². The molecule has 0 amide bonds. The first-order valence-corrected chi connectivity index (χ1v) is 7.61. The van der Waals surface area contributed by atoms with E-state index in [1.807, 2.05) is 0 Å². The van der Waals surface area contributed by atoms with Gasteiger partial charge in [-0.05, 0) is 19.1 Å². The third-order valence-electron chi connectivity index (χ3n) is 1.54. The summed E-state index contributed by atoms with van der Waals surface area (Å²) in [5, 5.41) is 0. The van der Waals surface area contributed by atoms with Gasteiger partial charge in [0.25, 0.3) is 0 Å². The number of ketones is 1. The van der Waals surface area contributed by atoms with Crippen LogP contribution in [0.5, 0.6) is 0 Å². The van der Waals surface area contributed by atoms with Crippen LogP contribution in [0.15, 0.2) is 0 Å². The normalized spacial score (nSPS) is 11.2. The number of Topliss-reactive ketones (excluding diaryl/α,β-unsaturated/α-hetero) is 1. The van der Waals surface area contributed by atoms with Crippen LogP contribution >= 0.6 is 31.6 Å². The topological polar surface area (TPSA) is 61.8 Å². The molecule has 0 aromatic heterocycles. The Bertz CT molecular complexity index is 286. The smallest absolute Gasteiger partial charge is 0.337 e. The molecule has 0 aliphatic carbocycles. The lowest BCUT2D eigenvalue weighted by Gasteiger charge is -2.12. The van der Waals surface area contributed by atoms with Crippen LogP contribution in [-0.2, 0) is 23.1 Å². The monoisotopic (exact) mass is 286 g/mol. The molecule has 0 spiro atoms. The lowest BCUT2D eigenvalue weighted by Crippen LogP contribution is -2.12. The van der Waals surface area contributed by atoms with Crippen LogP contribution in [-0.4, -0.2) is 42.9 Å². The SMILES string of the molecule is CCOC(=S)SCC(=O)CP(=O)(OC)OC. The Morgan fingerprint density at radius 2 is 1.94 bits per heavy atom. The molecule has 0 saturated carbocycles. The second-order valence-electron chi connectivity index (χ2n) is 2.64. The molecular formula is C8H15O5PS2. The van der Waals surface area contributed by atoms with Gasteiger partial charge in [-0.15, -0.1) is 0 Å². The highest BCUT2D eigenvalue weighted by Crippen LogP contribution is 2.46. The van der Waals surface area contributed by atoms with Crippen molar-refractivity contribution < 1.29 is 23.1 Å². The fourth-order valence-corrected chi connectivity index (χ4v) is 2.74. The van der Waals surface area contributed by atoms with Gasteiger partial charge in [-0.2, -0.15) is 0 Å². The van der Waals surface area contributed by atoms with Crippen LogP contribution in [0, 0.1) is 0 Å². The zero-order valence-corrected chi connectivity index (χ0v) is 12.0. The third-order valence-corrected chi connectivity index (χ3v) is 4.68. The van der Waals surface area contributed by atoms with Crippen LogP contribution < -0.4 is 0 Å². The Morgan fingerprint density at radius 1 is 1.38 bits per heavy atom. The second kappa shape index (κ2) is 8.20. The molecule has 0 aliphatic rings. The van der Waals surface area contributed by atoms with E-state index in [1.165, 1.54) is 14.2 Å². The summed E-state index contributed by atoms with van der Waals surface area (Å²) in [5.41, 5.74) is 0. The summed E-state index contributed by atoms with van der Waals surface area (Å²) in [4.78, 5) is 11.4. The minimum atomic E-state index is -3.26. The number of thioether (sulfide) groups is 1. The molecule has 16 heavy (non-hydrogen) atoms. The van der Waals surface area contributed by atoms with Crippen LogP contribution in [0.25, 0.3) is 0 Å². The Hall–Kier alpha value is 0.0600. The largest absolute Gasteiger partial charge is 0.479 e. The molecule has 94 valence electrons. The first kappa shape index (κ1) is 16.1. The van der Waals surface area contributed by atoms with E-state index in [2.05, 4.69) is 9.05 Å². The highest BCUT2D eigenvalue weighted by Gasteiger charge is 2.25. The van der Waals surface area contributed by atoms with Gasteiger partial charge in [-0.1, -0.05) is 11.8 Å². The van der Waals surface area contributed by atoms with Gasteiger partial charge in [0, 0.05) is 14.2 Å². The predicted molar refractivity (Wildman–Crippen MR) is 68.2 cm³/mol. The lowest BCUT2D eigenvalue weighted by atomic mass is 10.5. The maximum atomic E-state index is 11.6. The number of carbonyl (C=O) groups excluding carboxylic acids is 1. The summed E-state index contributed by atoms with van der Waals surface area (Å²) in [5.74, 6) is -0.144. The van der Waals surface area contributed by atoms with E-state index in [1.54, 1.807) is 6.92 Å². The van der Waals surface area contributed by atoms with Gasteiger partial charge in [0.15, 0.2) is 5.78 Å². The highest BCUT2D eigenvalue weighted by molar-refractivity contribution is 8.23. The zero-order valence-electron chi connectivity index (χ0n) is 9.43. The number of rotatable bonds is 7. The number of thiocarbonyl (C=S) groups is 1. The molecule has 0 radical (unpaired) electrons. The lowest BCUT2D eigenvalue weighted by molar-refractivity contribution is -0.114. The molecule has 0 fully saturated rings. The number of ether oxygens (including phenoxy) is 1. The van der Waals surface area contributed by atoms with E-state index >= 15 is 0 Å². The van der Waals surface area contributed by atoms with E-state index < -0.39 is 7.60 Å². The highest BCUT2D eigenvalue weighted by atomic mass is 32.2. The molecule has 0 saturated heterocycles. The predicted octanol–water partition coefficient (Wildman–Crippen LogP) is 2.10. The Kier molecular flexibility index (Phi) is 8.23. The fourth-order valence-electron chi connectivity index (χ4n) is 0.764. The molecule has 8 heteroatoms. The van der Waals surface area contributed by atoms with Crippen molar-refractivity contribution in [2.24, 2.45) is 0 Å². The first-order valence-electron chi connectivity index (χ1n) is 4.49. The van der Waals surface area contributed by atoms with Crippen molar-refractivity contribution in [1.29, 1.82) is 0 Å². The summed E-state index contributed by atoms with van der Waals surface area (Å²) < 4.78 is 26.2. The summed E-state index contributed by atoms with van der Waals surface area (Å²) in [6, 6.07) is 0. The van der Waals surface area contributed by atoms with E-state index in [9.17, 15) is 9.36 Å². The number of hydrogen-bond donors (Lipinski definition) is 0. The van der Waals surface area contributed by atoms with Gasteiger partial charge in [-0.3, -0.25) is 9.36 Å². The van der Waals surface area contributed by atoms with Gasteiger partial charge >= 0.3 is 7.60 Å². The maximum Gasteiger partial charge on any atom is 0.337 e. The Morgan fingerprint density at radius 3 is 2.38 bits per heavy atom. The Balaban J connectivity index is 4.00. The summed E-state index contributed by atoms with van der Waals surface area (Å²) in [7, 11) is -0.768. The van der Waals surface area contributed by atoms with Crippen molar-refractivity contribution in [1.82, 2.24) is 0 Å².